The molecule has 0 aliphatic carbocycles. The van der Waals surface area contributed by atoms with Crippen LogP contribution in [0.4, 0.5) is 0 Å². The average molecular weight is 410 g/mol. The van der Waals surface area contributed by atoms with Crippen molar-refractivity contribution < 1.29 is 0 Å². The van der Waals surface area contributed by atoms with Crippen molar-refractivity contribution in [2.75, 3.05) is 33.2 Å². The van der Waals surface area contributed by atoms with Crippen molar-refractivity contribution in [3.05, 3.63) is 0 Å². The molecule has 1 aliphatic rings. The van der Waals surface area contributed by atoms with Gasteiger partial charge in [0, 0.05) is 32.2 Å². The molecule has 0 aromatic rings. The Bertz CT molecular complexity index is 310. The molecule has 0 amide bonds. The Morgan fingerprint density at radius 3 is 2.52 bits per heavy atom. The largest absolute Gasteiger partial charge is 0.356 e. The van der Waals surface area contributed by atoms with E-state index in [9.17, 15) is 0 Å². The van der Waals surface area contributed by atoms with E-state index in [0.29, 0.717) is 0 Å². The first kappa shape index (κ1) is 21.0. The van der Waals surface area contributed by atoms with Crippen molar-refractivity contribution >= 4 is 29.9 Å². The number of halogens is 1. The molecule has 5 heteroatoms. The van der Waals surface area contributed by atoms with Crippen LogP contribution in [-0.2, 0) is 0 Å². The third kappa shape index (κ3) is 9.55. The van der Waals surface area contributed by atoms with E-state index in [1.807, 2.05) is 7.05 Å². The molecule has 1 heterocycles. The topological polar surface area (TPSA) is 39.7 Å². The number of nitrogens with zero attached hydrogens (tertiary/aromatic N) is 2. The Labute approximate surface area is 148 Å². The molecular formula is C16H35IN4. The quantitative estimate of drug-likeness (QED) is 0.425. The molecule has 1 unspecified atom stereocenters. The highest BCUT2D eigenvalue weighted by Crippen LogP contribution is 2.16. The molecule has 4 nitrogen and oxygen atoms in total. The zero-order valence-electron chi connectivity index (χ0n) is 14.7. The van der Waals surface area contributed by atoms with Crippen LogP contribution < -0.4 is 10.6 Å². The second kappa shape index (κ2) is 9.87. The third-order valence-corrected chi connectivity index (χ3v) is 3.50. The van der Waals surface area contributed by atoms with Crippen molar-refractivity contribution in [1.29, 1.82) is 0 Å². The Morgan fingerprint density at radius 1 is 1.33 bits per heavy atom. The summed E-state index contributed by atoms with van der Waals surface area (Å²) in [6, 6.07) is 0. The minimum atomic E-state index is 0. The molecule has 0 radical (unpaired) electrons. The number of rotatable bonds is 4. The number of likely N-dealkylation sites (tertiary alicyclic amines) is 1. The predicted octanol–water partition coefficient (Wildman–Crippen LogP) is 2.94. The zero-order valence-corrected chi connectivity index (χ0v) is 17.0. The van der Waals surface area contributed by atoms with E-state index in [-0.39, 0.29) is 29.5 Å². The Hall–Kier alpha value is -0.0400. The van der Waals surface area contributed by atoms with Gasteiger partial charge in [-0.1, -0.05) is 13.8 Å². The van der Waals surface area contributed by atoms with Gasteiger partial charge in [0.2, 0.25) is 0 Å². The molecule has 1 atom stereocenters. The lowest BCUT2D eigenvalue weighted by Gasteiger charge is -2.34. The molecule has 0 bridgehead atoms. The molecule has 2 N–H and O–H groups in total. The number of piperidine rings is 1. The molecule has 1 rings (SSSR count). The van der Waals surface area contributed by atoms with Crippen molar-refractivity contribution in [1.82, 2.24) is 15.5 Å². The van der Waals surface area contributed by atoms with Crippen molar-refractivity contribution in [3.63, 3.8) is 0 Å². The molecule has 0 aromatic carbocycles. The van der Waals surface area contributed by atoms with Gasteiger partial charge in [-0.25, -0.2) is 0 Å². The summed E-state index contributed by atoms with van der Waals surface area (Å²) in [5.74, 6) is 2.41. The number of hydrogen-bond acceptors (Lipinski definition) is 2. The summed E-state index contributed by atoms with van der Waals surface area (Å²) in [5, 5.41) is 6.90. The van der Waals surface area contributed by atoms with Gasteiger partial charge >= 0.3 is 0 Å². The Morgan fingerprint density at radius 2 is 2.00 bits per heavy atom. The van der Waals surface area contributed by atoms with Crippen molar-refractivity contribution in [2.24, 2.45) is 16.8 Å². The van der Waals surface area contributed by atoms with Crippen LogP contribution in [0.2, 0.25) is 0 Å². The summed E-state index contributed by atoms with van der Waals surface area (Å²) in [6.45, 7) is 15.8. The van der Waals surface area contributed by atoms with E-state index in [4.69, 9.17) is 0 Å². The van der Waals surface area contributed by atoms with Gasteiger partial charge in [0.05, 0.1) is 0 Å². The van der Waals surface area contributed by atoms with Gasteiger partial charge in [-0.3, -0.25) is 4.99 Å². The van der Waals surface area contributed by atoms with E-state index >= 15 is 0 Å². The monoisotopic (exact) mass is 410 g/mol. The second-order valence-electron chi connectivity index (χ2n) is 7.49. The number of nitrogens with one attached hydrogen (secondary N) is 2. The van der Waals surface area contributed by atoms with Crippen LogP contribution in [0.5, 0.6) is 0 Å². The van der Waals surface area contributed by atoms with Crippen LogP contribution in [0, 0.1) is 11.8 Å². The fourth-order valence-corrected chi connectivity index (χ4v) is 2.78. The maximum Gasteiger partial charge on any atom is 0.191 e. The van der Waals surface area contributed by atoms with Gasteiger partial charge in [-0.15, -0.1) is 24.0 Å². The van der Waals surface area contributed by atoms with Crippen molar-refractivity contribution in [2.45, 2.75) is 53.0 Å². The molecule has 21 heavy (non-hydrogen) atoms. The lowest BCUT2D eigenvalue weighted by molar-refractivity contribution is 0.159. The maximum absolute atomic E-state index is 4.31. The minimum Gasteiger partial charge on any atom is -0.356 e. The third-order valence-electron chi connectivity index (χ3n) is 3.50. The molecule has 1 saturated heterocycles. The average Bonchev–Trinajstić information content (AvgIpc) is 2.32. The summed E-state index contributed by atoms with van der Waals surface area (Å²) in [6.07, 6.45) is 2.65. The fraction of sp³-hybridized carbons (Fsp3) is 0.938. The Balaban J connectivity index is 0.00000400. The summed E-state index contributed by atoms with van der Waals surface area (Å²) in [4.78, 5) is 6.92. The first-order chi connectivity index (χ1) is 9.30. The standard InChI is InChI=1S/C16H34N4.HI/c1-13(2)11-20-9-7-8-14(12-20)10-18-15(17-6)19-16(3,4)5;/h13-14H,7-12H2,1-6H3,(H2,17,18,19);1H. The van der Waals surface area contributed by atoms with E-state index in [1.54, 1.807) is 0 Å². The van der Waals surface area contributed by atoms with Crippen LogP contribution in [0.3, 0.4) is 0 Å². The van der Waals surface area contributed by atoms with Crippen LogP contribution >= 0.6 is 24.0 Å². The summed E-state index contributed by atoms with van der Waals surface area (Å²) in [5.41, 5.74) is 0.0537. The lowest BCUT2D eigenvalue weighted by Crippen LogP contribution is -2.50. The SMILES string of the molecule is CN=C(NCC1CCCN(CC(C)C)C1)NC(C)(C)C.I. The molecule has 1 fully saturated rings. The molecule has 0 aromatic heterocycles. The second-order valence-corrected chi connectivity index (χ2v) is 7.49. The summed E-state index contributed by atoms with van der Waals surface area (Å²) >= 11 is 0. The summed E-state index contributed by atoms with van der Waals surface area (Å²) in [7, 11) is 1.84. The molecule has 0 saturated carbocycles. The zero-order chi connectivity index (χ0) is 15.2. The predicted molar refractivity (Wildman–Crippen MR) is 104 cm³/mol. The highest BCUT2D eigenvalue weighted by molar-refractivity contribution is 14.0. The number of hydrogen-bond donors (Lipinski definition) is 2. The molecule has 1 aliphatic heterocycles. The smallest absolute Gasteiger partial charge is 0.191 e. The van der Waals surface area contributed by atoms with E-state index in [0.717, 1.165) is 24.3 Å². The first-order valence-corrected chi connectivity index (χ1v) is 8.01. The minimum absolute atomic E-state index is 0. The van der Waals surface area contributed by atoms with Crippen LogP contribution in [0.1, 0.15) is 47.5 Å². The number of aliphatic imine (C=N–C) groups is 1. The van der Waals surface area contributed by atoms with Gasteiger partial charge in [0.15, 0.2) is 5.96 Å². The highest BCUT2D eigenvalue weighted by atomic mass is 127. The molecule has 126 valence electrons. The highest BCUT2D eigenvalue weighted by Gasteiger charge is 2.21. The van der Waals surface area contributed by atoms with Gasteiger partial charge in [0.25, 0.3) is 0 Å². The van der Waals surface area contributed by atoms with Crippen molar-refractivity contribution in [3.8, 4) is 0 Å². The normalized spacial score (nSPS) is 21.1. The van der Waals surface area contributed by atoms with E-state index in [2.05, 4.69) is 55.1 Å². The molecular weight excluding hydrogens is 375 g/mol. The fourth-order valence-electron chi connectivity index (χ4n) is 2.78. The number of guanidine groups is 1. The summed E-state index contributed by atoms with van der Waals surface area (Å²) < 4.78 is 0. The van der Waals surface area contributed by atoms with Gasteiger partial charge in [-0.2, -0.15) is 0 Å². The van der Waals surface area contributed by atoms with Crippen LogP contribution in [0.15, 0.2) is 4.99 Å². The lowest BCUT2D eigenvalue weighted by atomic mass is 9.97. The van der Waals surface area contributed by atoms with Gasteiger partial charge in [0.1, 0.15) is 0 Å². The van der Waals surface area contributed by atoms with Crippen LogP contribution in [0.25, 0.3) is 0 Å². The maximum atomic E-state index is 4.31. The Kier molecular flexibility index (Phi) is 9.85. The van der Waals surface area contributed by atoms with Gasteiger partial charge < -0.3 is 15.5 Å². The van der Waals surface area contributed by atoms with Crippen LogP contribution in [-0.4, -0.2) is 49.6 Å². The van der Waals surface area contributed by atoms with E-state index in [1.165, 1.54) is 32.5 Å². The first-order valence-electron chi connectivity index (χ1n) is 8.01. The van der Waals surface area contributed by atoms with Gasteiger partial charge in [-0.05, 0) is 52.0 Å². The van der Waals surface area contributed by atoms with E-state index < -0.39 is 0 Å². The molecule has 0 spiro atoms.